The van der Waals surface area contributed by atoms with Crippen LogP contribution in [-0.4, -0.2) is 34.6 Å². The van der Waals surface area contributed by atoms with Crippen LogP contribution in [0.15, 0.2) is 36.4 Å². The number of nitro benzene ring substituents is 1. The molecule has 1 heterocycles. The summed E-state index contributed by atoms with van der Waals surface area (Å²) in [6, 6.07) is 10.6. The molecule has 0 aromatic heterocycles. The Kier molecular flexibility index (Phi) is 3.98. The van der Waals surface area contributed by atoms with Gasteiger partial charge in [-0.15, -0.1) is 0 Å². The number of non-ortho nitro benzene ring substituents is 1. The Morgan fingerprint density at radius 1 is 1.17 bits per heavy atom. The highest BCUT2D eigenvalue weighted by Gasteiger charge is 2.31. The number of benzene rings is 2. The molecule has 5 nitrogen and oxygen atoms in total. The summed E-state index contributed by atoms with van der Waals surface area (Å²) < 4.78 is 6.18. The van der Waals surface area contributed by atoms with Crippen molar-refractivity contribution in [2.45, 2.75) is 38.8 Å². The maximum Gasteiger partial charge on any atom is 0.277 e. The first-order chi connectivity index (χ1) is 10.9. The lowest BCUT2D eigenvalue weighted by Gasteiger charge is -2.31. The SMILES string of the molecule is CC(C)(C)N1CC[C@H](Oc2ccc([N+](=O)[O-])c3ccccc23)C1. The quantitative estimate of drug-likeness (QED) is 0.635. The van der Waals surface area contributed by atoms with E-state index in [1.807, 2.05) is 18.2 Å². The Bertz CT molecular complexity index is 737. The summed E-state index contributed by atoms with van der Waals surface area (Å²) in [5, 5.41) is 12.6. The molecule has 3 rings (SSSR count). The molecule has 1 aliphatic rings. The molecule has 0 N–H and O–H groups in total. The number of rotatable bonds is 3. The minimum atomic E-state index is -0.344. The first-order valence-corrected chi connectivity index (χ1v) is 7.94. The van der Waals surface area contributed by atoms with Crippen molar-refractivity contribution in [3.05, 3.63) is 46.5 Å². The predicted octanol–water partition coefficient (Wildman–Crippen LogP) is 4.00. The number of nitro groups is 1. The van der Waals surface area contributed by atoms with Gasteiger partial charge in [0.2, 0.25) is 0 Å². The highest BCUT2D eigenvalue weighted by Crippen LogP contribution is 2.34. The third kappa shape index (κ3) is 3.15. The van der Waals surface area contributed by atoms with Crippen molar-refractivity contribution in [3.8, 4) is 5.75 Å². The Morgan fingerprint density at radius 3 is 2.48 bits per heavy atom. The second kappa shape index (κ2) is 5.81. The van der Waals surface area contributed by atoms with Crippen LogP contribution in [0.3, 0.4) is 0 Å². The third-order valence-electron chi connectivity index (χ3n) is 4.45. The van der Waals surface area contributed by atoms with E-state index in [0.29, 0.717) is 5.39 Å². The van der Waals surface area contributed by atoms with Gasteiger partial charge in [-0.05, 0) is 39.3 Å². The second-order valence-electron chi connectivity index (χ2n) is 7.03. The zero-order valence-corrected chi connectivity index (χ0v) is 13.8. The number of likely N-dealkylation sites (tertiary alicyclic amines) is 1. The lowest BCUT2D eigenvalue weighted by molar-refractivity contribution is -0.383. The minimum Gasteiger partial charge on any atom is -0.488 e. The van der Waals surface area contributed by atoms with Crippen LogP contribution in [0.1, 0.15) is 27.2 Å². The molecule has 23 heavy (non-hydrogen) atoms. The van der Waals surface area contributed by atoms with Gasteiger partial charge in [-0.3, -0.25) is 15.0 Å². The zero-order chi connectivity index (χ0) is 16.6. The standard InChI is InChI=1S/C18H22N2O3/c1-18(2,3)19-11-10-13(12-19)23-17-9-8-16(20(21)22)14-6-4-5-7-15(14)17/h4-9,13H,10-12H2,1-3H3/t13-/m0/s1. The minimum absolute atomic E-state index is 0.121. The fourth-order valence-electron chi connectivity index (χ4n) is 3.13. The average molecular weight is 314 g/mol. The van der Waals surface area contributed by atoms with Gasteiger partial charge in [-0.1, -0.05) is 18.2 Å². The van der Waals surface area contributed by atoms with E-state index in [2.05, 4.69) is 25.7 Å². The molecule has 0 saturated carbocycles. The van der Waals surface area contributed by atoms with Gasteiger partial charge in [-0.25, -0.2) is 0 Å². The molecule has 0 radical (unpaired) electrons. The molecular formula is C18H22N2O3. The van der Waals surface area contributed by atoms with Crippen molar-refractivity contribution in [3.63, 3.8) is 0 Å². The molecule has 1 fully saturated rings. The van der Waals surface area contributed by atoms with Gasteiger partial charge in [0.1, 0.15) is 11.9 Å². The molecule has 0 amide bonds. The molecule has 2 aromatic carbocycles. The second-order valence-corrected chi connectivity index (χ2v) is 7.03. The van der Waals surface area contributed by atoms with E-state index in [0.717, 1.165) is 30.6 Å². The summed E-state index contributed by atoms with van der Waals surface area (Å²) in [5.74, 6) is 0.729. The van der Waals surface area contributed by atoms with E-state index in [1.54, 1.807) is 12.1 Å². The van der Waals surface area contributed by atoms with E-state index in [4.69, 9.17) is 4.74 Å². The van der Waals surface area contributed by atoms with Crippen LogP contribution in [0.4, 0.5) is 5.69 Å². The van der Waals surface area contributed by atoms with Gasteiger partial charge in [0.15, 0.2) is 0 Å². The summed E-state index contributed by atoms with van der Waals surface area (Å²) in [6.45, 7) is 8.51. The van der Waals surface area contributed by atoms with Crippen LogP contribution >= 0.6 is 0 Å². The Hall–Kier alpha value is -2.14. The normalized spacial score (nSPS) is 19.2. The molecule has 0 bridgehead atoms. The number of hydrogen-bond acceptors (Lipinski definition) is 4. The van der Waals surface area contributed by atoms with Crippen LogP contribution in [0.5, 0.6) is 5.75 Å². The van der Waals surface area contributed by atoms with Crippen molar-refractivity contribution in [1.29, 1.82) is 0 Å². The maximum absolute atomic E-state index is 11.2. The van der Waals surface area contributed by atoms with Gasteiger partial charge >= 0.3 is 0 Å². The smallest absolute Gasteiger partial charge is 0.277 e. The largest absolute Gasteiger partial charge is 0.488 e. The molecule has 1 atom stereocenters. The van der Waals surface area contributed by atoms with E-state index in [9.17, 15) is 10.1 Å². The van der Waals surface area contributed by atoms with E-state index < -0.39 is 0 Å². The highest BCUT2D eigenvalue weighted by atomic mass is 16.6. The highest BCUT2D eigenvalue weighted by molar-refractivity contribution is 5.95. The van der Waals surface area contributed by atoms with Gasteiger partial charge in [0, 0.05) is 30.1 Å². The van der Waals surface area contributed by atoms with Gasteiger partial charge in [0.05, 0.1) is 10.3 Å². The van der Waals surface area contributed by atoms with Crippen LogP contribution in [-0.2, 0) is 0 Å². The summed E-state index contributed by atoms with van der Waals surface area (Å²) in [4.78, 5) is 13.2. The van der Waals surface area contributed by atoms with E-state index >= 15 is 0 Å². The predicted molar refractivity (Wildman–Crippen MR) is 91.0 cm³/mol. The van der Waals surface area contributed by atoms with Crippen LogP contribution < -0.4 is 4.74 Å². The molecule has 5 heteroatoms. The van der Waals surface area contributed by atoms with Gasteiger partial charge < -0.3 is 4.74 Å². The number of nitrogens with zero attached hydrogens (tertiary/aromatic N) is 2. The van der Waals surface area contributed by atoms with Crippen LogP contribution in [0, 0.1) is 10.1 Å². The fourth-order valence-corrected chi connectivity index (χ4v) is 3.13. The fraction of sp³-hybridized carbons (Fsp3) is 0.444. The Labute approximate surface area is 136 Å². The average Bonchev–Trinajstić information content (AvgIpc) is 2.96. The monoisotopic (exact) mass is 314 g/mol. The number of ether oxygens (including phenoxy) is 1. The molecular weight excluding hydrogens is 292 g/mol. The zero-order valence-electron chi connectivity index (χ0n) is 13.8. The van der Waals surface area contributed by atoms with E-state index in [1.165, 1.54) is 6.07 Å². The Balaban J connectivity index is 1.88. The third-order valence-corrected chi connectivity index (χ3v) is 4.45. The molecule has 2 aromatic rings. The summed E-state index contributed by atoms with van der Waals surface area (Å²) in [5.41, 5.74) is 0.256. The van der Waals surface area contributed by atoms with Crippen LogP contribution in [0.2, 0.25) is 0 Å². The van der Waals surface area contributed by atoms with Crippen molar-refractivity contribution in [1.82, 2.24) is 4.90 Å². The van der Waals surface area contributed by atoms with Crippen molar-refractivity contribution < 1.29 is 9.66 Å². The first kappa shape index (κ1) is 15.7. The number of fused-ring (bicyclic) bond motifs is 1. The first-order valence-electron chi connectivity index (χ1n) is 7.94. The molecule has 0 unspecified atom stereocenters. The Morgan fingerprint density at radius 2 is 1.87 bits per heavy atom. The summed E-state index contributed by atoms with van der Waals surface area (Å²) in [7, 11) is 0. The summed E-state index contributed by atoms with van der Waals surface area (Å²) >= 11 is 0. The lowest BCUT2D eigenvalue weighted by atomic mass is 10.1. The molecule has 1 aliphatic heterocycles. The van der Waals surface area contributed by atoms with Gasteiger partial charge in [0.25, 0.3) is 5.69 Å². The van der Waals surface area contributed by atoms with Gasteiger partial charge in [-0.2, -0.15) is 0 Å². The van der Waals surface area contributed by atoms with E-state index in [-0.39, 0.29) is 22.3 Å². The molecule has 0 spiro atoms. The summed E-state index contributed by atoms with van der Waals surface area (Å²) in [6.07, 6.45) is 1.10. The van der Waals surface area contributed by atoms with Crippen molar-refractivity contribution in [2.24, 2.45) is 0 Å². The van der Waals surface area contributed by atoms with Crippen molar-refractivity contribution in [2.75, 3.05) is 13.1 Å². The molecule has 122 valence electrons. The maximum atomic E-state index is 11.2. The van der Waals surface area contributed by atoms with Crippen LogP contribution in [0.25, 0.3) is 10.8 Å². The molecule has 0 aliphatic carbocycles. The van der Waals surface area contributed by atoms with Crippen molar-refractivity contribution >= 4 is 16.5 Å². The lowest BCUT2D eigenvalue weighted by Crippen LogP contribution is -2.40. The molecule has 1 saturated heterocycles. The number of hydrogen-bond donors (Lipinski definition) is 0. The topological polar surface area (TPSA) is 55.6 Å².